The Balaban J connectivity index is 1.29. The lowest BCUT2D eigenvalue weighted by molar-refractivity contribution is -0.125. The van der Waals surface area contributed by atoms with Crippen molar-refractivity contribution in [1.82, 2.24) is 19.9 Å². The van der Waals surface area contributed by atoms with Crippen molar-refractivity contribution in [2.45, 2.75) is 44.7 Å². The van der Waals surface area contributed by atoms with E-state index in [2.05, 4.69) is 5.16 Å². The maximum Gasteiger partial charge on any atom is 0.327 e. The second kappa shape index (κ2) is 7.67. The van der Waals surface area contributed by atoms with Crippen molar-refractivity contribution in [3.63, 3.8) is 0 Å². The van der Waals surface area contributed by atoms with Gasteiger partial charge in [0.25, 0.3) is 11.8 Å². The zero-order valence-corrected chi connectivity index (χ0v) is 18.0. The zero-order chi connectivity index (χ0) is 21.7. The van der Waals surface area contributed by atoms with Gasteiger partial charge in [-0.1, -0.05) is 35.0 Å². The molecule has 9 heteroatoms. The van der Waals surface area contributed by atoms with Crippen LogP contribution in [-0.4, -0.2) is 69.4 Å². The lowest BCUT2D eigenvalue weighted by atomic mass is 10.0. The lowest BCUT2D eigenvalue weighted by Gasteiger charge is -2.36. The average molecular weight is 443 g/mol. The molecule has 0 bridgehead atoms. The molecule has 5 rings (SSSR count). The topological polar surface area (TPSA) is 87.0 Å². The van der Waals surface area contributed by atoms with Crippen molar-refractivity contribution < 1.29 is 18.9 Å². The van der Waals surface area contributed by atoms with Crippen LogP contribution in [-0.2, 0) is 4.79 Å². The summed E-state index contributed by atoms with van der Waals surface area (Å²) in [7, 11) is 0. The van der Waals surface area contributed by atoms with Crippen LogP contribution in [0.1, 0.15) is 41.8 Å². The Morgan fingerprint density at radius 2 is 1.81 bits per heavy atom. The van der Waals surface area contributed by atoms with Gasteiger partial charge in [-0.2, -0.15) is 0 Å². The molecule has 3 fully saturated rings. The molecule has 8 nitrogen and oxygen atoms in total. The molecule has 1 aliphatic carbocycles. The summed E-state index contributed by atoms with van der Waals surface area (Å²) in [5.41, 5.74) is 1.51. The molecule has 4 amide bonds. The predicted octanol–water partition coefficient (Wildman–Crippen LogP) is 3.33. The second-order valence-corrected chi connectivity index (χ2v) is 8.78. The number of piperidine rings is 1. The van der Waals surface area contributed by atoms with Crippen molar-refractivity contribution in [2.24, 2.45) is 0 Å². The SMILES string of the molecule is Cc1onc(-c2ccccc2Cl)c1C(=O)N1CCC(N2CC(=O)N(C3CC3)C2=O)CC1. The Kier molecular flexibility index (Phi) is 4.97. The summed E-state index contributed by atoms with van der Waals surface area (Å²) in [6, 6.07) is 7.10. The van der Waals surface area contributed by atoms with Crippen LogP contribution in [0.25, 0.3) is 11.3 Å². The summed E-state index contributed by atoms with van der Waals surface area (Å²) < 4.78 is 5.33. The highest BCUT2D eigenvalue weighted by Crippen LogP contribution is 2.34. The number of rotatable bonds is 4. The first-order valence-corrected chi connectivity index (χ1v) is 11.0. The summed E-state index contributed by atoms with van der Waals surface area (Å²) >= 11 is 6.31. The highest BCUT2D eigenvalue weighted by Gasteiger charge is 2.47. The van der Waals surface area contributed by atoms with E-state index in [1.54, 1.807) is 22.8 Å². The molecule has 0 spiro atoms. The van der Waals surface area contributed by atoms with Crippen LogP contribution in [0.5, 0.6) is 0 Å². The van der Waals surface area contributed by atoms with Crippen molar-refractivity contribution in [3.05, 3.63) is 40.6 Å². The van der Waals surface area contributed by atoms with Gasteiger partial charge in [-0.05, 0) is 38.7 Å². The molecule has 0 unspecified atom stereocenters. The van der Waals surface area contributed by atoms with Crippen LogP contribution in [0.2, 0.25) is 5.02 Å². The van der Waals surface area contributed by atoms with Gasteiger partial charge in [-0.25, -0.2) is 4.79 Å². The molecule has 0 atom stereocenters. The molecule has 1 aromatic heterocycles. The van der Waals surface area contributed by atoms with Gasteiger partial charge in [0.2, 0.25) is 0 Å². The fourth-order valence-electron chi connectivity index (χ4n) is 4.51. The number of urea groups is 1. The fraction of sp³-hybridized carbons (Fsp3) is 0.455. The predicted molar refractivity (Wildman–Crippen MR) is 113 cm³/mol. The molecule has 0 N–H and O–H groups in total. The van der Waals surface area contributed by atoms with Crippen molar-refractivity contribution in [1.29, 1.82) is 0 Å². The molecule has 31 heavy (non-hydrogen) atoms. The van der Waals surface area contributed by atoms with Gasteiger partial charge in [-0.15, -0.1) is 0 Å². The van der Waals surface area contributed by atoms with E-state index < -0.39 is 0 Å². The second-order valence-electron chi connectivity index (χ2n) is 8.37. The van der Waals surface area contributed by atoms with Crippen LogP contribution >= 0.6 is 11.6 Å². The number of carbonyl (C=O) groups excluding carboxylic acids is 3. The highest BCUT2D eigenvalue weighted by molar-refractivity contribution is 6.33. The van der Waals surface area contributed by atoms with Crippen LogP contribution in [0.15, 0.2) is 28.8 Å². The third-order valence-electron chi connectivity index (χ3n) is 6.34. The minimum absolute atomic E-state index is 0.0316. The molecule has 1 saturated carbocycles. The monoisotopic (exact) mass is 442 g/mol. The molecular formula is C22H23ClN4O4. The van der Waals surface area contributed by atoms with Crippen LogP contribution in [0, 0.1) is 6.92 Å². The number of imide groups is 1. The number of aryl methyl sites for hydroxylation is 1. The number of amides is 4. The maximum absolute atomic E-state index is 13.3. The Morgan fingerprint density at radius 1 is 1.10 bits per heavy atom. The van der Waals surface area contributed by atoms with Crippen LogP contribution in [0.4, 0.5) is 4.79 Å². The highest BCUT2D eigenvalue weighted by atomic mass is 35.5. The molecule has 0 radical (unpaired) electrons. The summed E-state index contributed by atoms with van der Waals surface area (Å²) in [5.74, 6) is 0.188. The van der Waals surface area contributed by atoms with Crippen molar-refractivity contribution in [2.75, 3.05) is 19.6 Å². The molecule has 2 aromatic rings. The van der Waals surface area contributed by atoms with E-state index in [4.69, 9.17) is 16.1 Å². The standard InChI is InChI=1S/C22H23ClN4O4/c1-13-19(20(24-31-13)16-4-2-3-5-17(16)23)21(29)25-10-8-14(9-11-25)26-12-18(28)27(22(26)30)15-6-7-15/h2-5,14-15H,6-12H2,1H3. The van der Waals surface area contributed by atoms with E-state index in [9.17, 15) is 14.4 Å². The Hall–Kier alpha value is -2.87. The van der Waals surface area contributed by atoms with E-state index >= 15 is 0 Å². The van der Waals surface area contributed by atoms with Crippen molar-refractivity contribution in [3.8, 4) is 11.3 Å². The largest absolute Gasteiger partial charge is 0.360 e. The molecule has 3 aliphatic rings. The average Bonchev–Trinajstić information content (AvgIpc) is 3.46. The summed E-state index contributed by atoms with van der Waals surface area (Å²) in [5, 5.41) is 4.59. The van der Waals surface area contributed by atoms with Crippen LogP contribution < -0.4 is 0 Å². The number of halogens is 1. The van der Waals surface area contributed by atoms with Gasteiger partial charge in [0.05, 0.1) is 5.02 Å². The lowest BCUT2D eigenvalue weighted by Crippen LogP contribution is -2.48. The minimum atomic E-state index is -0.173. The first kappa shape index (κ1) is 20.1. The summed E-state index contributed by atoms with van der Waals surface area (Å²) in [6.07, 6.45) is 3.08. The van der Waals surface area contributed by atoms with E-state index in [0.717, 1.165) is 12.8 Å². The summed E-state index contributed by atoms with van der Waals surface area (Å²) in [4.78, 5) is 43.1. The molecule has 2 saturated heterocycles. The Bertz CT molecular complexity index is 1060. The maximum atomic E-state index is 13.3. The van der Waals surface area contributed by atoms with Crippen molar-refractivity contribution >= 4 is 29.4 Å². The fourth-order valence-corrected chi connectivity index (χ4v) is 4.74. The zero-order valence-electron chi connectivity index (χ0n) is 17.2. The molecule has 1 aromatic carbocycles. The van der Waals surface area contributed by atoms with E-state index in [-0.39, 0.29) is 36.5 Å². The minimum Gasteiger partial charge on any atom is -0.360 e. The number of carbonyl (C=O) groups is 3. The van der Waals surface area contributed by atoms with Gasteiger partial charge in [0, 0.05) is 30.7 Å². The number of hydrogen-bond donors (Lipinski definition) is 0. The quantitative estimate of drug-likeness (QED) is 0.678. The third-order valence-corrected chi connectivity index (χ3v) is 6.67. The van der Waals surface area contributed by atoms with E-state index in [1.807, 2.05) is 18.2 Å². The normalized spacial score (nSPS) is 20.1. The number of aromatic nitrogens is 1. The van der Waals surface area contributed by atoms with Gasteiger partial charge in [0.1, 0.15) is 23.6 Å². The van der Waals surface area contributed by atoms with Gasteiger partial charge in [-0.3, -0.25) is 14.5 Å². The van der Waals surface area contributed by atoms with E-state index in [1.165, 1.54) is 4.90 Å². The summed E-state index contributed by atoms with van der Waals surface area (Å²) in [6.45, 7) is 2.86. The number of benzene rings is 1. The van der Waals surface area contributed by atoms with Gasteiger partial charge in [0.15, 0.2) is 0 Å². The Morgan fingerprint density at radius 3 is 2.48 bits per heavy atom. The molecule has 3 heterocycles. The first-order chi connectivity index (χ1) is 15.0. The number of nitrogens with zero attached hydrogens (tertiary/aromatic N) is 4. The molecule has 162 valence electrons. The molecule has 2 aliphatic heterocycles. The van der Waals surface area contributed by atoms with Crippen LogP contribution in [0.3, 0.4) is 0 Å². The first-order valence-electron chi connectivity index (χ1n) is 10.6. The molecular weight excluding hydrogens is 420 g/mol. The smallest absolute Gasteiger partial charge is 0.327 e. The third kappa shape index (κ3) is 3.48. The number of likely N-dealkylation sites (tertiary alicyclic amines) is 1. The van der Waals surface area contributed by atoms with E-state index in [0.29, 0.717) is 53.5 Å². The Labute approximate surface area is 184 Å². The number of hydrogen-bond acceptors (Lipinski definition) is 5. The van der Waals surface area contributed by atoms with Gasteiger partial charge < -0.3 is 14.3 Å². The van der Waals surface area contributed by atoms with Gasteiger partial charge >= 0.3 is 6.03 Å².